The summed E-state index contributed by atoms with van der Waals surface area (Å²) in [7, 11) is 1.75. The Morgan fingerprint density at radius 2 is 1.10 bits per heavy atom. The van der Waals surface area contributed by atoms with Crippen molar-refractivity contribution in [1.29, 1.82) is 0 Å². The van der Waals surface area contributed by atoms with E-state index in [1.54, 1.807) is 7.11 Å². The number of methoxy groups -OCH3 is 1. The van der Waals surface area contributed by atoms with E-state index in [1.165, 1.54) is 0 Å². The van der Waals surface area contributed by atoms with Gasteiger partial charge in [-0.1, -0.05) is 38.2 Å². The Labute approximate surface area is 189 Å². The standard InChI is InChI=1S/C27H44O4/c1-26(2,19-28)17-7-11-22-15-13-20(24(22)29)9-6-10-21-14-16-23(25(21)30)12-8-18-27(3,4)31-5/h13-16,24-25,28-30H,6-12,17-19H2,1-5H3. The van der Waals surface area contributed by atoms with Gasteiger partial charge >= 0.3 is 0 Å². The molecule has 0 amide bonds. The van der Waals surface area contributed by atoms with Crippen LogP contribution >= 0.6 is 0 Å². The molecule has 2 unspecified atom stereocenters. The van der Waals surface area contributed by atoms with E-state index in [2.05, 4.69) is 52.0 Å². The molecule has 0 aromatic heterocycles. The van der Waals surface area contributed by atoms with Crippen LogP contribution in [0.15, 0.2) is 46.6 Å². The van der Waals surface area contributed by atoms with Crippen molar-refractivity contribution in [3.05, 3.63) is 46.6 Å². The van der Waals surface area contributed by atoms with Crippen LogP contribution in [0.1, 0.15) is 85.5 Å². The minimum atomic E-state index is -0.461. The van der Waals surface area contributed by atoms with E-state index in [0.29, 0.717) is 0 Å². The van der Waals surface area contributed by atoms with E-state index in [1.807, 2.05) is 0 Å². The largest absolute Gasteiger partial charge is 0.396 e. The fourth-order valence-corrected chi connectivity index (χ4v) is 4.32. The topological polar surface area (TPSA) is 69.9 Å². The second-order valence-electron chi connectivity index (χ2n) is 10.6. The Morgan fingerprint density at radius 3 is 1.48 bits per heavy atom. The van der Waals surface area contributed by atoms with Crippen molar-refractivity contribution in [3.63, 3.8) is 0 Å². The highest BCUT2D eigenvalue weighted by Gasteiger charge is 2.24. The Kier molecular flexibility index (Phi) is 9.75. The molecule has 3 N–H and O–H groups in total. The van der Waals surface area contributed by atoms with Crippen molar-refractivity contribution in [2.75, 3.05) is 13.7 Å². The summed E-state index contributed by atoms with van der Waals surface area (Å²) in [5.74, 6) is 0. The van der Waals surface area contributed by atoms with Crippen LogP contribution in [0.5, 0.6) is 0 Å². The first-order chi connectivity index (χ1) is 14.6. The van der Waals surface area contributed by atoms with Gasteiger partial charge in [-0.2, -0.15) is 0 Å². The molecule has 0 saturated heterocycles. The highest BCUT2D eigenvalue weighted by atomic mass is 16.5. The zero-order valence-electron chi connectivity index (χ0n) is 20.3. The molecule has 2 rings (SSSR count). The molecule has 0 fully saturated rings. The predicted octanol–water partition coefficient (Wildman–Crippen LogP) is 5.40. The van der Waals surface area contributed by atoms with Gasteiger partial charge in [-0.05, 0) is 99.3 Å². The molecule has 2 atom stereocenters. The normalized spacial score (nSPS) is 21.8. The summed E-state index contributed by atoms with van der Waals surface area (Å²) in [6.07, 6.45) is 15.7. The molecular formula is C27H44O4. The smallest absolute Gasteiger partial charge is 0.0967 e. The van der Waals surface area contributed by atoms with Gasteiger partial charge in [-0.15, -0.1) is 0 Å². The monoisotopic (exact) mass is 432 g/mol. The molecule has 0 bridgehead atoms. The highest BCUT2D eigenvalue weighted by Crippen LogP contribution is 2.33. The van der Waals surface area contributed by atoms with E-state index >= 15 is 0 Å². The lowest BCUT2D eigenvalue weighted by atomic mass is 9.87. The van der Waals surface area contributed by atoms with E-state index in [-0.39, 0.29) is 17.6 Å². The Bertz CT molecular complexity index is 649. The van der Waals surface area contributed by atoms with Crippen LogP contribution in [0, 0.1) is 5.41 Å². The maximum absolute atomic E-state index is 10.6. The van der Waals surface area contributed by atoms with Gasteiger partial charge in [-0.25, -0.2) is 0 Å². The quantitative estimate of drug-likeness (QED) is 0.344. The van der Waals surface area contributed by atoms with Crippen LogP contribution in [-0.4, -0.2) is 46.8 Å². The molecule has 2 aliphatic carbocycles. The van der Waals surface area contributed by atoms with Crippen LogP contribution in [-0.2, 0) is 4.74 Å². The van der Waals surface area contributed by atoms with E-state index in [9.17, 15) is 15.3 Å². The molecule has 0 spiro atoms. The summed E-state index contributed by atoms with van der Waals surface area (Å²) in [4.78, 5) is 0. The van der Waals surface area contributed by atoms with Crippen molar-refractivity contribution in [1.82, 2.24) is 0 Å². The molecular weight excluding hydrogens is 388 g/mol. The van der Waals surface area contributed by atoms with E-state index in [4.69, 9.17) is 4.74 Å². The molecule has 0 heterocycles. The second-order valence-corrected chi connectivity index (χ2v) is 10.6. The van der Waals surface area contributed by atoms with Crippen molar-refractivity contribution < 1.29 is 20.1 Å². The average molecular weight is 433 g/mol. The third-order valence-corrected chi connectivity index (χ3v) is 6.90. The van der Waals surface area contributed by atoms with Crippen molar-refractivity contribution in [2.45, 2.75) is 103 Å². The minimum Gasteiger partial charge on any atom is -0.396 e. The molecule has 4 nitrogen and oxygen atoms in total. The van der Waals surface area contributed by atoms with Gasteiger partial charge in [0.15, 0.2) is 0 Å². The maximum atomic E-state index is 10.6. The molecule has 0 aliphatic heterocycles. The molecule has 0 saturated carbocycles. The van der Waals surface area contributed by atoms with Crippen LogP contribution in [0.2, 0.25) is 0 Å². The number of hydrogen-bond donors (Lipinski definition) is 3. The van der Waals surface area contributed by atoms with Gasteiger partial charge in [0.05, 0.1) is 17.8 Å². The molecule has 4 heteroatoms. The lowest BCUT2D eigenvalue weighted by Gasteiger charge is -2.23. The van der Waals surface area contributed by atoms with Gasteiger partial charge in [0, 0.05) is 13.7 Å². The summed E-state index contributed by atoms with van der Waals surface area (Å²) in [6.45, 7) is 8.53. The van der Waals surface area contributed by atoms with E-state index < -0.39 is 12.2 Å². The molecule has 176 valence electrons. The van der Waals surface area contributed by atoms with Crippen LogP contribution in [0.3, 0.4) is 0 Å². The number of aliphatic hydroxyl groups is 3. The Morgan fingerprint density at radius 1 is 0.710 bits per heavy atom. The van der Waals surface area contributed by atoms with Crippen molar-refractivity contribution >= 4 is 0 Å². The lowest BCUT2D eigenvalue weighted by Crippen LogP contribution is -2.22. The van der Waals surface area contributed by atoms with Crippen LogP contribution in [0.25, 0.3) is 0 Å². The Hall–Kier alpha value is -1.20. The third-order valence-electron chi connectivity index (χ3n) is 6.90. The van der Waals surface area contributed by atoms with Crippen molar-refractivity contribution in [2.24, 2.45) is 5.41 Å². The van der Waals surface area contributed by atoms with E-state index in [0.717, 1.165) is 80.1 Å². The minimum absolute atomic E-state index is 0.0525. The van der Waals surface area contributed by atoms with Gasteiger partial charge in [0.2, 0.25) is 0 Å². The molecule has 0 radical (unpaired) electrons. The highest BCUT2D eigenvalue weighted by molar-refractivity contribution is 5.38. The molecule has 2 aliphatic rings. The summed E-state index contributed by atoms with van der Waals surface area (Å²) < 4.78 is 5.47. The second kappa shape index (κ2) is 11.6. The predicted molar refractivity (Wildman–Crippen MR) is 128 cm³/mol. The number of aliphatic hydroxyl groups excluding tert-OH is 3. The van der Waals surface area contributed by atoms with Gasteiger partial charge in [0.1, 0.15) is 0 Å². The summed E-state index contributed by atoms with van der Waals surface area (Å²) >= 11 is 0. The van der Waals surface area contributed by atoms with Crippen LogP contribution in [0.4, 0.5) is 0 Å². The first-order valence-corrected chi connectivity index (χ1v) is 11.9. The van der Waals surface area contributed by atoms with Gasteiger partial charge in [-0.3, -0.25) is 0 Å². The fourth-order valence-electron chi connectivity index (χ4n) is 4.32. The number of ether oxygens (including phenoxy) is 1. The van der Waals surface area contributed by atoms with Gasteiger partial charge < -0.3 is 20.1 Å². The van der Waals surface area contributed by atoms with Crippen LogP contribution < -0.4 is 0 Å². The molecule has 0 aromatic carbocycles. The zero-order chi connectivity index (χ0) is 23.1. The maximum Gasteiger partial charge on any atom is 0.0967 e. The molecule has 31 heavy (non-hydrogen) atoms. The summed E-state index contributed by atoms with van der Waals surface area (Å²) in [6, 6.07) is 0. The molecule has 0 aromatic rings. The van der Waals surface area contributed by atoms with Gasteiger partial charge in [0.25, 0.3) is 0 Å². The number of allylic oxidation sites excluding steroid dienone is 4. The fraction of sp³-hybridized carbons (Fsp3) is 0.704. The lowest BCUT2D eigenvalue weighted by molar-refractivity contribution is 0.0137. The van der Waals surface area contributed by atoms with Crippen molar-refractivity contribution in [3.8, 4) is 0 Å². The summed E-state index contributed by atoms with van der Waals surface area (Å²) in [5.41, 5.74) is 4.21. The number of rotatable bonds is 14. The zero-order valence-corrected chi connectivity index (χ0v) is 20.3. The Balaban J connectivity index is 1.66. The SMILES string of the molecule is COC(C)(C)CCCC1=CC=C(CCCC2=CC=C(CCCC(C)(C)CO)C2O)C1O. The average Bonchev–Trinajstić information content (AvgIpc) is 3.25. The third kappa shape index (κ3) is 8.02. The first kappa shape index (κ1) is 26.1. The first-order valence-electron chi connectivity index (χ1n) is 11.9. The number of hydrogen-bond acceptors (Lipinski definition) is 4. The summed E-state index contributed by atoms with van der Waals surface area (Å²) in [5, 5.41) is 30.7.